The highest BCUT2D eigenvalue weighted by Gasteiger charge is 2.36. The van der Waals surface area contributed by atoms with E-state index in [-0.39, 0.29) is 16.7 Å². The van der Waals surface area contributed by atoms with Gasteiger partial charge in [0.25, 0.3) is 0 Å². The number of methoxy groups -OCH3 is 1. The van der Waals surface area contributed by atoms with E-state index in [9.17, 15) is 12.8 Å². The van der Waals surface area contributed by atoms with Crippen LogP contribution < -0.4 is 4.74 Å². The number of benzene rings is 1. The van der Waals surface area contributed by atoms with Crippen LogP contribution in [-0.4, -0.2) is 68.5 Å². The van der Waals surface area contributed by atoms with E-state index in [0.717, 1.165) is 43.6 Å². The van der Waals surface area contributed by atoms with E-state index in [4.69, 9.17) is 4.74 Å². The molecule has 0 radical (unpaired) electrons. The SMILES string of the molecule is COc1ccc(F)cc1S(=O)(=O)N1CCCSCC1CN1CCCC1. The number of likely N-dealkylation sites (tertiary alicyclic amines) is 1. The van der Waals surface area contributed by atoms with Crippen LogP contribution in [0.3, 0.4) is 0 Å². The van der Waals surface area contributed by atoms with Crippen LogP contribution in [0.2, 0.25) is 0 Å². The Hall–Kier alpha value is -0.830. The summed E-state index contributed by atoms with van der Waals surface area (Å²) in [5, 5.41) is 0. The molecule has 0 aromatic heterocycles. The van der Waals surface area contributed by atoms with E-state index in [0.29, 0.717) is 6.54 Å². The molecule has 1 aromatic rings. The molecule has 1 atom stereocenters. The van der Waals surface area contributed by atoms with Crippen molar-refractivity contribution in [3.63, 3.8) is 0 Å². The Bertz CT molecular complexity index is 693. The van der Waals surface area contributed by atoms with Crippen molar-refractivity contribution in [2.45, 2.75) is 30.2 Å². The normalized spacial score (nSPS) is 23.5. The minimum Gasteiger partial charge on any atom is -0.495 e. The fraction of sp³-hybridized carbons (Fsp3) is 0.647. The largest absolute Gasteiger partial charge is 0.495 e. The third kappa shape index (κ3) is 4.30. The Morgan fingerprint density at radius 2 is 2.00 bits per heavy atom. The average Bonchev–Trinajstić information content (AvgIpc) is 2.98. The van der Waals surface area contributed by atoms with Crippen LogP contribution in [0.4, 0.5) is 4.39 Å². The summed E-state index contributed by atoms with van der Waals surface area (Å²) in [6, 6.07) is 3.57. The maximum absolute atomic E-state index is 13.7. The van der Waals surface area contributed by atoms with Gasteiger partial charge in [0.2, 0.25) is 10.0 Å². The number of nitrogens with zero attached hydrogens (tertiary/aromatic N) is 2. The Kier molecular flexibility index (Phi) is 6.25. The van der Waals surface area contributed by atoms with Crippen LogP contribution in [0.25, 0.3) is 0 Å². The van der Waals surface area contributed by atoms with E-state index in [2.05, 4.69) is 4.90 Å². The second kappa shape index (κ2) is 8.24. The van der Waals surface area contributed by atoms with Gasteiger partial charge in [0, 0.05) is 24.9 Å². The molecule has 3 rings (SSSR count). The van der Waals surface area contributed by atoms with Crippen LogP contribution in [0, 0.1) is 5.82 Å². The first-order valence-corrected chi connectivity index (χ1v) is 11.3. The number of halogens is 1. The summed E-state index contributed by atoms with van der Waals surface area (Å²) in [4.78, 5) is 2.26. The van der Waals surface area contributed by atoms with Crippen LogP contribution in [-0.2, 0) is 10.0 Å². The molecule has 25 heavy (non-hydrogen) atoms. The van der Waals surface area contributed by atoms with Crippen molar-refractivity contribution in [3.8, 4) is 5.75 Å². The summed E-state index contributed by atoms with van der Waals surface area (Å²) in [6.45, 7) is 3.26. The zero-order valence-corrected chi connectivity index (χ0v) is 16.1. The topological polar surface area (TPSA) is 49.9 Å². The Morgan fingerprint density at radius 3 is 2.72 bits per heavy atom. The molecule has 0 bridgehead atoms. The first-order valence-electron chi connectivity index (χ1n) is 8.68. The number of sulfonamides is 1. The van der Waals surface area contributed by atoms with Gasteiger partial charge < -0.3 is 9.64 Å². The minimum absolute atomic E-state index is 0.0756. The van der Waals surface area contributed by atoms with Gasteiger partial charge in [-0.3, -0.25) is 0 Å². The summed E-state index contributed by atoms with van der Waals surface area (Å²) in [7, 11) is -2.40. The molecular weight excluding hydrogens is 363 g/mol. The minimum atomic E-state index is -3.81. The lowest BCUT2D eigenvalue weighted by Crippen LogP contribution is -2.47. The van der Waals surface area contributed by atoms with Crippen LogP contribution in [0.1, 0.15) is 19.3 Å². The van der Waals surface area contributed by atoms with Crippen molar-refractivity contribution >= 4 is 21.8 Å². The molecule has 0 N–H and O–H groups in total. The van der Waals surface area contributed by atoms with Crippen LogP contribution in [0.15, 0.2) is 23.1 Å². The maximum atomic E-state index is 13.7. The van der Waals surface area contributed by atoms with Crippen molar-refractivity contribution in [1.29, 1.82) is 0 Å². The molecule has 2 fully saturated rings. The van der Waals surface area contributed by atoms with E-state index in [1.807, 2.05) is 0 Å². The van der Waals surface area contributed by atoms with Crippen molar-refractivity contribution in [1.82, 2.24) is 9.21 Å². The predicted octanol–water partition coefficient (Wildman–Crippen LogP) is 2.43. The number of thioether (sulfide) groups is 1. The highest BCUT2D eigenvalue weighted by Crippen LogP contribution is 2.31. The molecule has 0 saturated carbocycles. The highest BCUT2D eigenvalue weighted by atomic mass is 32.2. The highest BCUT2D eigenvalue weighted by molar-refractivity contribution is 7.99. The lowest BCUT2D eigenvalue weighted by molar-refractivity contribution is 0.243. The molecule has 1 aromatic carbocycles. The van der Waals surface area contributed by atoms with Crippen LogP contribution >= 0.6 is 11.8 Å². The lowest BCUT2D eigenvalue weighted by atomic mass is 10.3. The van der Waals surface area contributed by atoms with Gasteiger partial charge in [-0.15, -0.1) is 0 Å². The van der Waals surface area contributed by atoms with Gasteiger partial charge in [-0.05, 0) is 56.3 Å². The zero-order chi connectivity index (χ0) is 17.9. The molecule has 8 heteroatoms. The molecule has 2 aliphatic rings. The van der Waals surface area contributed by atoms with Crippen molar-refractivity contribution in [3.05, 3.63) is 24.0 Å². The summed E-state index contributed by atoms with van der Waals surface area (Å²) in [5.74, 6) is 1.34. The molecule has 140 valence electrons. The molecule has 0 amide bonds. The van der Waals surface area contributed by atoms with E-state index < -0.39 is 15.8 Å². The maximum Gasteiger partial charge on any atom is 0.247 e. The monoisotopic (exact) mass is 388 g/mol. The van der Waals surface area contributed by atoms with Gasteiger partial charge in [0.1, 0.15) is 16.5 Å². The molecule has 2 heterocycles. The predicted molar refractivity (Wildman–Crippen MR) is 98.2 cm³/mol. The Labute approximate surface area is 153 Å². The van der Waals surface area contributed by atoms with E-state index in [1.165, 1.54) is 32.1 Å². The smallest absolute Gasteiger partial charge is 0.247 e. The Balaban J connectivity index is 1.92. The third-order valence-electron chi connectivity index (χ3n) is 4.76. The fourth-order valence-corrected chi connectivity index (χ4v) is 6.48. The molecular formula is C17H25FN2O3S2. The summed E-state index contributed by atoms with van der Waals surface area (Å²) in [5.41, 5.74) is 0. The quantitative estimate of drug-likeness (QED) is 0.775. The average molecular weight is 389 g/mol. The van der Waals surface area contributed by atoms with Gasteiger partial charge in [-0.25, -0.2) is 12.8 Å². The third-order valence-corrected chi connectivity index (χ3v) is 7.94. The van der Waals surface area contributed by atoms with Crippen molar-refractivity contribution in [2.24, 2.45) is 0 Å². The van der Waals surface area contributed by atoms with Gasteiger partial charge >= 0.3 is 0 Å². The molecule has 0 spiro atoms. The molecule has 2 saturated heterocycles. The van der Waals surface area contributed by atoms with Gasteiger partial charge in [-0.1, -0.05) is 0 Å². The zero-order valence-electron chi connectivity index (χ0n) is 14.5. The van der Waals surface area contributed by atoms with Gasteiger partial charge in [0.15, 0.2) is 0 Å². The summed E-state index contributed by atoms with van der Waals surface area (Å²) in [6.07, 6.45) is 3.15. The standard InChI is InChI=1S/C17H25FN2O3S2/c1-23-16-6-5-14(18)11-17(16)25(21,22)20-9-4-10-24-13-15(20)12-19-7-2-3-8-19/h5-6,11,15H,2-4,7-10,12-13H2,1H3. The number of hydrogen-bond acceptors (Lipinski definition) is 5. The molecule has 1 unspecified atom stereocenters. The molecule has 5 nitrogen and oxygen atoms in total. The first kappa shape index (κ1) is 18.9. The molecule has 0 aliphatic carbocycles. The molecule has 2 aliphatic heterocycles. The number of hydrogen-bond donors (Lipinski definition) is 0. The number of rotatable bonds is 5. The summed E-state index contributed by atoms with van der Waals surface area (Å²) < 4.78 is 47.1. The second-order valence-corrected chi connectivity index (χ2v) is 9.51. The van der Waals surface area contributed by atoms with E-state index in [1.54, 1.807) is 16.1 Å². The van der Waals surface area contributed by atoms with E-state index >= 15 is 0 Å². The van der Waals surface area contributed by atoms with Crippen molar-refractivity contribution in [2.75, 3.05) is 44.8 Å². The van der Waals surface area contributed by atoms with Gasteiger partial charge in [0.05, 0.1) is 7.11 Å². The fourth-order valence-electron chi connectivity index (χ4n) is 3.51. The first-order chi connectivity index (χ1) is 12.0. The summed E-state index contributed by atoms with van der Waals surface area (Å²) >= 11 is 1.80. The van der Waals surface area contributed by atoms with Gasteiger partial charge in [-0.2, -0.15) is 16.1 Å². The lowest BCUT2D eigenvalue weighted by Gasteiger charge is -2.32. The van der Waals surface area contributed by atoms with Crippen molar-refractivity contribution < 1.29 is 17.5 Å². The Morgan fingerprint density at radius 1 is 1.24 bits per heavy atom. The second-order valence-electron chi connectivity index (χ2n) is 6.50. The number of ether oxygens (including phenoxy) is 1. The van der Waals surface area contributed by atoms with Crippen LogP contribution in [0.5, 0.6) is 5.75 Å².